The van der Waals surface area contributed by atoms with E-state index in [1.807, 2.05) is 37.1 Å². The van der Waals surface area contributed by atoms with E-state index in [0.29, 0.717) is 0 Å². The van der Waals surface area contributed by atoms with E-state index in [9.17, 15) is 0 Å². The molecule has 0 atom stereocenters. The summed E-state index contributed by atoms with van der Waals surface area (Å²) in [6, 6.07) is 69.1. The van der Waals surface area contributed by atoms with E-state index in [1.165, 1.54) is 43.2 Å². The summed E-state index contributed by atoms with van der Waals surface area (Å²) >= 11 is 9.68. The first kappa shape index (κ1) is 51.0. The second-order valence-electron chi connectivity index (χ2n) is 13.7. The SMILES string of the molecule is Cc1cc(C)n(CC[S-])n1.Cc1cc(C)n(CC[S-])n1.[Pd].[Pd].c1ccc([PH+](c2ccccc2)c2ccccc2)cc1.c1ccc([PH+](c2ccccc2)c2ccccc2)cc1. The topological polar surface area (TPSA) is 35.6 Å². The van der Waals surface area contributed by atoms with Crippen molar-refractivity contribution in [3.8, 4) is 0 Å². The van der Waals surface area contributed by atoms with Crippen LogP contribution in [0.15, 0.2) is 194 Å². The van der Waals surface area contributed by atoms with Crippen LogP contribution in [0.4, 0.5) is 0 Å². The van der Waals surface area contributed by atoms with Gasteiger partial charge in [-0.05, 0) is 113 Å². The maximum absolute atomic E-state index is 4.84. The first-order valence-electron chi connectivity index (χ1n) is 19.6. The number of benzene rings is 6. The molecule has 60 heavy (non-hydrogen) atoms. The molecule has 0 saturated heterocycles. The summed E-state index contributed by atoms with van der Waals surface area (Å²) in [5, 5.41) is 17.1. The van der Waals surface area contributed by atoms with E-state index in [4.69, 9.17) is 25.3 Å². The molecule has 0 unspecified atom stereocenters. The van der Waals surface area contributed by atoms with Crippen molar-refractivity contribution >= 4 is 72.9 Å². The van der Waals surface area contributed by atoms with Crippen molar-refractivity contribution in [2.24, 2.45) is 0 Å². The second-order valence-corrected chi connectivity index (χ2v) is 19.4. The summed E-state index contributed by atoms with van der Waals surface area (Å²) < 4.78 is 3.89. The van der Waals surface area contributed by atoms with E-state index >= 15 is 0 Å². The van der Waals surface area contributed by atoms with Crippen LogP contribution in [0.1, 0.15) is 22.8 Å². The summed E-state index contributed by atoms with van der Waals surface area (Å²) in [5.41, 5.74) is 4.53. The average molecular weight is 1050 g/mol. The van der Waals surface area contributed by atoms with Gasteiger partial charge in [0.2, 0.25) is 0 Å². The van der Waals surface area contributed by atoms with Crippen LogP contribution >= 0.6 is 15.8 Å². The van der Waals surface area contributed by atoms with E-state index in [1.54, 1.807) is 0 Å². The van der Waals surface area contributed by atoms with Crippen molar-refractivity contribution in [1.29, 1.82) is 0 Å². The van der Waals surface area contributed by atoms with Crippen molar-refractivity contribution < 1.29 is 40.8 Å². The molecule has 0 aliphatic rings. The molecule has 0 aliphatic heterocycles. The molecule has 0 amide bonds. The van der Waals surface area contributed by atoms with Crippen molar-refractivity contribution in [2.75, 3.05) is 11.5 Å². The number of nitrogens with zero attached hydrogens (tertiary/aromatic N) is 4. The summed E-state index contributed by atoms with van der Waals surface area (Å²) in [6.45, 7) is 9.79. The van der Waals surface area contributed by atoms with Crippen LogP contribution in [0.5, 0.6) is 0 Å². The van der Waals surface area contributed by atoms with Crippen LogP contribution in [-0.4, -0.2) is 31.1 Å². The number of aryl methyl sites for hydroxylation is 6. The molecule has 0 radical (unpaired) electrons. The smallest absolute Gasteiger partial charge is 0.102 e. The molecule has 2 heterocycles. The van der Waals surface area contributed by atoms with Gasteiger partial charge in [-0.3, -0.25) is 9.36 Å². The van der Waals surface area contributed by atoms with Gasteiger partial charge in [0, 0.05) is 65.3 Å². The molecule has 2 aromatic heterocycles. The third kappa shape index (κ3) is 16.1. The monoisotopic (exact) mass is 1050 g/mol. The van der Waals surface area contributed by atoms with Crippen LogP contribution in [-0.2, 0) is 79.2 Å². The third-order valence-electron chi connectivity index (χ3n) is 9.19. The van der Waals surface area contributed by atoms with Crippen LogP contribution in [0, 0.1) is 27.7 Å². The van der Waals surface area contributed by atoms with Gasteiger partial charge in [-0.2, -0.15) is 21.7 Å². The summed E-state index contributed by atoms with van der Waals surface area (Å²) in [7, 11) is -1.75. The molecule has 0 aliphatic carbocycles. The van der Waals surface area contributed by atoms with Gasteiger partial charge < -0.3 is 25.3 Å². The zero-order valence-electron chi connectivity index (χ0n) is 34.5. The molecule has 0 bridgehead atoms. The Labute approximate surface area is 399 Å². The Balaban J connectivity index is 0.000000221. The average Bonchev–Trinajstić information content (AvgIpc) is 3.77. The molecule has 10 heteroatoms. The predicted molar refractivity (Wildman–Crippen MR) is 261 cm³/mol. The Morgan fingerprint density at radius 1 is 0.367 bits per heavy atom. The first-order chi connectivity index (χ1) is 28.4. The molecule has 0 saturated carbocycles. The van der Waals surface area contributed by atoms with Crippen molar-refractivity contribution in [3.63, 3.8) is 0 Å². The summed E-state index contributed by atoms with van der Waals surface area (Å²) in [5.74, 6) is 1.48. The second kappa shape index (κ2) is 28.3. The summed E-state index contributed by atoms with van der Waals surface area (Å²) in [6.07, 6.45) is 0. The molecule has 0 fully saturated rings. The third-order valence-corrected chi connectivity index (χ3v) is 15.0. The van der Waals surface area contributed by atoms with Gasteiger partial charge in [0.25, 0.3) is 0 Å². The van der Waals surface area contributed by atoms with Gasteiger partial charge >= 0.3 is 0 Å². The number of hydrogen-bond acceptors (Lipinski definition) is 4. The van der Waals surface area contributed by atoms with E-state index in [2.05, 4.69) is 204 Å². The standard InChI is InChI=1S/2C18H15P.2C7H12N2S.2Pd/c2*1-4-10-16(11-5-1)19(17-12-6-2-7-13-17)18-14-8-3-9-15-18;2*1-6-5-7(2)9(8-6)3-4-10;;/h2*1-15H;2*5,10H,3-4H2,1-2H3;;. The number of hydrogen-bond donors (Lipinski definition) is 0. The normalized spacial score (nSPS) is 10.1. The fourth-order valence-electron chi connectivity index (χ4n) is 6.60. The van der Waals surface area contributed by atoms with E-state index in [-0.39, 0.29) is 40.8 Å². The van der Waals surface area contributed by atoms with Crippen LogP contribution < -0.4 is 31.8 Å². The Kier molecular flexibility index (Phi) is 24.0. The predicted octanol–water partition coefficient (Wildman–Crippen LogP) is 8.44. The van der Waals surface area contributed by atoms with Gasteiger partial charge in [-0.15, -0.1) is 0 Å². The Morgan fingerprint density at radius 2 is 0.567 bits per heavy atom. The largest absolute Gasteiger partial charge is 0.791 e. The van der Waals surface area contributed by atoms with E-state index in [0.717, 1.165) is 36.0 Å². The minimum absolute atomic E-state index is 0. The molecule has 0 N–H and O–H groups in total. The van der Waals surface area contributed by atoms with Gasteiger partial charge in [0.1, 0.15) is 31.8 Å². The zero-order chi connectivity index (χ0) is 41.0. The van der Waals surface area contributed by atoms with Crippen LogP contribution in [0.25, 0.3) is 0 Å². The number of rotatable bonds is 10. The first-order valence-corrected chi connectivity index (χ1v) is 23.8. The molecule has 6 aromatic carbocycles. The van der Waals surface area contributed by atoms with Gasteiger partial charge in [-0.25, -0.2) is 0 Å². The molecule has 8 rings (SSSR count). The van der Waals surface area contributed by atoms with Crippen molar-refractivity contribution in [3.05, 3.63) is 217 Å². The van der Waals surface area contributed by atoms with Gasteiger partial charge in [-0.1, -0.05) is 109 Å². The zero-order valence-corrected chi connectivity index (χ0v) is 41.3. The minimum atomic E-state index is -0.877. The van der Waals surface area contributed by atoms with Crippen LogP contribution in [0.3, 0.4) is 0 Å². The van der Waals surface area contributed by atoms with Crippen LogP contribution in [0.2, 0.25) is 0 Å². The Morgan fingerprint density at radius 3 is 0.717 bits per heavy atom. The van der Waals surface area contributed by atoms with Crippen molar-refractivity contribution in [2.45, 2.75) is 40.8 Å². The van der Waals surface area contributed by atoms with Gasteiger partial charge in [0.05, 0.1) is 27.2 Å². The molecule has 0 spiro atoms. The molecule has 8 aromatic rings. The molecular formula is C50H54N4P2Pd2S2. The summed E-state index contributed by atoms with van der Waals surface area (Å²) in [4.78, 5) is 0. The molecule has 316 valence electrons. The molecule has 4 nitrogen and oxygen atoms in total. The minimum Gasteiger partial charge on any atom is -0.791 e. The maximum atomic E-state index is 4.84. The number of aromatic nitrogens is 4. The van der Waals surface area contributed by atoms with Crippen molar-refractivity contribution in [1.82, 2.24) is 19.6 Å². The molecular weight excluding hydrogens is 995 g/mol. The van der Waals surface area contributed by atoms with Gasteiger partial charge in [0.15, 0.2) is 0 Å². The van der Waals surface area contributed by atoms with E-state index < -0.39 is 15.8 Å². The fourth-order valence-corrected chi connectivity index (χ4v) is 12.1. The Hall–Kier alpha value is -3.38. The Bertz CT molecular complexity index is 1960. The quantitative estimate of drug-likeness (QED) is 0.0784. The fraction of sp³-hybridized carbons (Fsp3) is 0.160. The maximum Gasteiger partial charge on any atom is 0.102 e.